The van der Waals surface area contributed by atoms with Gasteiger partial charge in [0, 0.05) is 5.39 Å². The molecule has 0 radical (unpaired) electrons. The Morgan fingerprint density at radius 2 is 1.72 bits per heavy atom. The minimum absolute atomic E-state index is 0.300. The summed E-state index contributed by atoms with van der Waals surface area (Å²) in [6.07, 6.45) is 0. The lowest BCUT2D eigenvalue weighted by molar-refractivity contribution is 0.0730. The van der Waals surface area contributed by atoms with E-state index in [9.17, 15) is 4.79 Å². The van der Waals surface area contributed by atoms with Crippen molar-refractivity contribution in [1.29, 1.82) is 0 Å². The smallest absolute Gasteiger partial charge is 0.364 e. The number of hydrogen-bond acceptors (Lipinski definition) is 3. The number of nitrogens with one attached hydrogen (secondary N) is 1. The normalized spacial score (nSPS) is 10.4. The first kappa shape index (κ1) is 10.5. The predicted octanol–water partition coefficient (Wildman–Crippen LogP) is 2.78. The van der Waals surface area contributed by atoms with E-state index < -0.39 is 5.97 Å². The molecule has 0 saturated heterocycles. The number of benzene rings is 2. The zero-order valence-electron chi connectivity index (χ0n) is 9.46. The first-order valence-electron chi connectivity index (χ1n) is 5.55. The highest BCUT2D eigenvalue weighted by Gasteiger charge is 2.15. The van der Waals surface area contributed by atoms with Crippen LogP contribution in [0.4, 0.5) is 0 Å². The second-order valence-electron chi connectivity index (χ2n) is 3.82. The van der Waals surface area contributed by atoms with Gasteiger partial charge in [0.15, 0.2) is 5.69 Å². The van der Waals surface area contributed by atoms with E-state index >= 15 is 0 Å². The maximum Gasteiger partial charge on any atom is 0.364 e. The fraction of sp³-hybridized carbons (Fsp3) is 0. The number of fused-ring (bicyclic) bond motifs is 1. The quantitative estimate of drug-likeness (QED) is 0.551. The van der Waals surface area contributed by atoms with Crippen molar-refractivity contribution in [3.63, 3.8) is 0 Å². The molecular formula is C14H10N2O2. The maximum absolute atomic E-state index is 12.0. The number of para-hydroxylation sites is 2. The standard InChI is InChI=1S/C14H10N2O2/c17-14(18-10-6-2-1-3-7-10)13-11-8-4-5-9-12(11)15-16-13/h1-9H,(H,15,16). The minimum atomic E-state index is -0.460. The zero-order valence-corrected chi connectivity index (χ0v) is 9.46. The third kappa shape index (κ3) is 1.84. The van der Waals surface area contributed by atoms with Crippen LogP contribution in [0.3, 0.4) is 0 Å². The molecule has 1 aromatic heterocycles. The summed E-state index contributed by atoms with van der Waals surface area (Å²) in [5, 5.41) is 7.56. The summed E-state index contributed by atoms with van der Waals surface area (Å²) in [7, 11) is 0. The molecule has 0 amide bonds. The Hall–Kier alpha value is -2.62. The molecule has 3 aromatic rings. The third-order valence-electron chi connectivity index (χ3n) is 2.62. The topological polar surface area (TPSA) is 55.0 Å². The predicted molar refractivity (Wildman–Crippen MR) is 67.5 cm³/mol. The molecule has 0 unspecified atom stereocenters. The van der Waals surface area contributed by atoms with E-state index in [2.05, 4.69) is 10.2 Å². The van der Waals surface area contributed by atoms with Crippen LogP contribution in [0.25, 0.3) is 10.9 Å². The van der Waals surface area contributed by atoms with E-state index in [0.717, 1.165) is 10.9 Å². The molecule has 18 heavy (non-hydrogen) atoms. The van der Waals surface area contributed by atoms with Crippen LogP contribution in [0.2, 0.25) is 0 Å². The number of carbonyl (C=O) groups excluding carboxylic acids is 1. The van der Waals surface area contributed by atoms with E-state index in [0.29, 0.717) is 11.4 Å². The van der Waals surface area contributed by atoms with Gasteiger partial charge in [0.1, 0.15) is 5.75 Å². The third-order valence-corrected chi connectivity index (χ3v) is 2.62. The minimum Gasteiger partial charge on any atom is -0.422 e. The van der Waals surface area contributed by atoms with Gasteiger partial charge >= 0.3 is 5.97 Å². The van der Waals surface area contributed by atoms with Crippen molar-refractivity contribution in [3.05, 3.63) is 60.3 Å². The van der Waals surface area contributed by atoms with Crippen molar-refractivity contribution < 1.29 is 9.53 Å². The van der Waals surface area contributed by atoms with Gasteiger partial charge in [-0.05, 0) is 18.2 Å². The van der Waals surface area contributed by atoms with Gasteiger partial charge in [-0.15, -0.1) is 0 Å². The number of aromatic nitrogens is 2. The molecule has 1 heterocycles. The number of rotatable bonds is 2. The van der Waals surface area contributed by atoms with Crippen LogP contribution in [-0.2, 0) is 0 Å². The Morgan fingerprint density at radius 3 is 2.56 bits per heavy atom. The van der Waals surface area contributed by atoms with E-state index in [-0.39, 0.29) is 0 Å². The number of ether oxygens (including phenoxy) is 1. The maximum atomic E-state index is 12.0. The molecule has 4 nitrogen and oxygen atoms in total. The molecule has 0 fully saturated rings. The van der Waals surface area contributed by atoms with Crippen LogP contribution in [0.1, 0.15) is 10.5 Å². The Bertz CT molecular complexity index is 689. The monoisotopic (exact) mass is 238 g/mol. The summed E-state index contributed by atoms with van der Waals surface area (Å²) in [6, 6.07) is 16.4. The summed E-state index contributed by atoms with van der Waals surface area (Å²) >= 11 is 0. The average Bonchev–Trinajstić information content (AvgIpc) is 2.84. The van der Waals surface area contributed by atoms with Crippen LogP contribution in [0.15, 0.2) is 54.6 Å². The van der Waals surface area contributed by atoms with E-state index in [1.54, 1.807) is 12.1 Å². The van der Waals surface area contributed by atoms with Crippen LogP contribution in [-0.4, -0.2) is 16.2 Å². The Morgan fingerprint density at radius 1 is 1.00 bits per heavy atom. The molecule has 2 aromatic carbocycles. The van der Waals surface area contributed by atoms with Crippen molar-refractivity contribution >= 4 is 16.9 Å². The number of hydrogen-bond donors (Lipinski definition) is 1. The Balaban J connectivity index is 1.93. The molecule has 3 rings (SSSR count). The summed E-state index contributed by atoms with van der Waals surface area (Å²) < 4.78 is 5.25. The van der Waals surface area contributed by atoms with Crippen molar-refractivity contribution in [2.24, 2.45) is 0 Å². The van der Waals surface area contributed by atoms with Gasteiger partial charge in [0.05, 0.1) is 5.52 Å². The first-order chi connectivity index (χ1) is 8.84. The lowest BCUT2D eigenvalue weighted by atomic mass is 10.2. The van der Waals surface area contributed by atoms with Gasteiger partial charge in [-0.25, -0.2) is 4.79 Å². The van der Waals surface area contributed by atoms with Gasteiger partial charge in [-0.2, -0.15) is 5.10 Å². The van der Waals surface area contributed by atoms with E-state index in [1.807, 2.05) is 42.5 Å². The second kappa shape index (κ2) is 4.33. The SMILES string of the molecule is O=C(Oc1ccccc1)c1n[nH]c2ccccc12. The van der Waals surface area contributed by atoms with Gasteiger partial charge < -0.3 is 4.74 Å². The van der Waals surface area contributed by atoms with Crippen molar-refractivity contribution in [2.45, 2.75) is 0 Å². The molecule has 0 saturated carbocycles. The highest BCUT2D eigenvalue weighted by molar-refractivity contribution is 6.02. The highest BCUT2D eigenvalue weighted by atomic mass is 16.5. The fourth-order valence-electron chi connectivity index (χ4n) is 1.76. The zero-order chi connectivity index (χ0) is 12.4. The number of nitrogens with zero attached hydrogens (tertiary/aromatic N) is 1. The number of esters is 1. The van der Waals surface area contributed by atoms with Crippen molar-refractivity contribution in [2.75, 3.05) is 0 Å². The molecule has 0 atom stereocenters. The average molecular weight is 238 g/mol. The molecule has 88 valence electrons. The Kier molecular flexibility index (Phi) is 2.53. The second-order valence-corrected chi connectivity index (χ2v) is 3.82. The molecule has 0 aliphatic carbocycles. The van der Waals surface area contributed by atoms with Gasteiger partial charge in [-0.3, -0.25) is 5.10 Å². The summed E-state index contributed by atoms with van der Waals surface area (Å²) in [6.45, 7) is 0. The highest BCUT2D eigenvalue weighted by Crippen LogP contribution is 2.17. The van der Waals surface area contributed by atoms with Gasteiger partial charge in [-0.1, -0.05) is 36.4 Å². The fourth-order valence-corrected chi connectivity index (χ4v) is 1.76. The molecular weight excluding hydrogens is 228 g/mol. The molecule has 0 aliphatic rings. The van der Waals surface area contributed by atoms with Crippen molar-refractivity contribution in [3.8, 4) is 5.75 Å². The van der Waals surface area contributed by atoms with Gasteiger partial charge in [0.2, 0.25) is 0 Å². The summed E-state index contributed by atoms with van der Waals surface area (Å²) in [5.41, 5.74) is 1.12. The molecule has 1 N–H and O–H groups in total. The first-order valence-corrected chi connectivity index (χ1v) is 5.55. The lowest BCUT2D eigenvalue weighted by Gasteiger charge is -2.01. The number of aromatic amines is 1. The lowest BCUT2D eigenvalue weighted by Crippen LogP contribution is -2.09. The largest absolute Gasteiger partial charge is 0.422 e. The molecule has 0 spiro atoms. The van der Waals surface area contributed by atoms with Crippen LogP contribution >= 0.6 is 0 Å². The summed E-state index contributed by atoms with van der Waals surface area (Å²) in [5.74, 6) is 0.0493. The molecule has 0 aliphatic heterocycles. The molecule has 4 heteroatoms. The van der Waals surface area contributed by atoms with E-state index in [1.165, 1.54) is 0 Å². The number of carbonyl (C=O) groups is 1. The van der Waals surface area contributed by atoms with Crippen LogP contribution in [0.5, 0.6) is 5.75 Å². The number of H-pyrrole nitrogens is 1. The summed E-state index contributed by atoms with van der Waals surface area (Å²) in [4.78, 5) is 12.0. The van der Waals surface area contributed by atoms with Crippen LogP contribution in [0, 0.1) is 0 Å². The van der Waals surface area contributed by atoms with Gasteiger partial charge in [0.25, 0.3) is 0 Å². The molecule has 0 bridgehead atoms. The Labute approximate surface area is 103 Å². The van der Waals surface area contributed by atoms with E-state index in [4.69, 9.17) is 4.74 Å². The van der Waals surface area contributed by atoms with Crippen molar-refractivity contribution in [1.82, 2.24) is 10.2 Å². The van der Waals surface area contributed by atoms with Crippen LogP contribution < -0.4 is 4.74 Å².